The minimum Gasteiger partial charge on any atom is -0.462 e. The molecule has 2 heterocycles. The van der Waals surface area contributed by atoms with Gasteiger partial charge in [-0.05, 0) is 12.5 Å². The Balaban J connectivity index is 2.74. The number of hydrogen-bond donors (Lipinski definition) is 0. The van der Waals surface area contributed by atoms with Crippen molar-refractivity contribution in [2.24, 2.45) is 0 Å². The van der Waals surface area contributed by atoms with Crippen molar-refractivity contribution >= 4 is 64.5 Å². The summed E-state index contributed by atoms with van der Waals surface area (Å²) in [5.74, 6) is -3.88. The predicted octanol–water partition coefficient (Wildman–Crippen LogP) is 1.70. The molecular weight excluding hydrogens is 556 g/mol. The summed E-state index contributed by atoms with van der Waals surface area (Å²) in [6.07, 6.45) is 0.490. The van der Waals surface area contributed by atoms with Crippen molar-refractivity contribution < 1.29 is 47.7 Å². The number of esters is 5. The first-order valence-corrected chi connectivity index (χ1v) is 14.0. The molecule has 214 valence electrons. The average molecular weight is 587 g/mol. The quantitative estimate of drug-likeness (QED) is 0.143. The molecule has 0 aliphatic heterocycles. The molecule has 0 amide bonds. The van der Waals surface area contributed by atoms with Gasteiger partial charge in [0.2, 0.25) is 0 Å². The third-order valence-corrected chi connectivity index (χ3v) is 6.67. The van der Waals surface area contributed by atoms with Gasteiger partial charge in [0.25, 0.3) is 0 Å². The molecule has 39 heavy (non-hydrogen) atoms. The lowest BCUT2D eigenvalue weighted by atomic mass is 10.0. The second-order valence-electron chi connectivity index (χ2n) is 8.01. The van der Waals surface area contributed by atoms with Crippen molar-refractivity contribution in [3.05, 3.63) is 12.7 Å². The second kappa shape index (κ2) is 14.7. The molecule has 0 radical (unpaired) electrons. The van der Waals surface area contributed by atoms with Gasteiger partial charge >= 0.3 is 29.8 Å². The third-order valence-electron chi connectivity index (χ3n) is 5.00. The smallest absolute Gasteiger partial charge is 0.303 e. The Hall–Kier alpha value is -3.40. The van der Waals surface area contributed by atoms with Crippen LogP contribution in [0.25, 0.3) is 11.2 Å². The van der Waals surface area contributed by atoms with E-state index in [1.165, 1.54) is 36.2 Å². The molecule has 0 N–H and O–H groups in total. The lowest BCUT2D eigenvalue weighted by molar-refractivity contribution is -0.203. The Bertz CT molecular complexity index is 1210. The molecule has 0 fully saturated rings. The number of ether oxygens (including phenoxy) is 5. The molecule has 0 bridgehead atoms. The third kappa shape index (κ3) is 8.81. The number of aromatic nitrogens is 4. The van der Waals surface area contributed by atoms with E-state index < -0.39 is 66.2 Å². The number of carbonyl (C=O) groups excluding carboxylic acids is 5. The molecule has 0 saturated heterocycles. The molecule has 14 nitrogen and oxygen atoms in total. The molecule has 16 heteroatoms. The van der Waals surface area contributed by atoms with Crippen molar-refractivity contribution in [3.8, 4) is 0 Å². The number of fused-ring (bicyclic) bond motifs is 1. The summed E-state index contributed by atoms with van der Waals surface area (Å²) in [5.41, 5.74) is 0.881. The van der Waals surface area contributed by atoms with Gasteiger partial charge in [0.05, 0.1) is 6.33 Å². The lowest BCUT2D eigenvalue weighted by Gasteiger charge is -2.38. The molecule has 0 unspecified atom stereocenters. The minimum absolute atomic E-state index is 0.396. The number of imidazole rings is 1. The molecule has 5 atom stereocenters. The minimum atomic E-state index is -1.56. The second-order valence-corrected chi connectivity index (χ2v) is 9.76. The molecule has 2 aromatic rings. The van der Waals surface area contributed by atoms with Gasteiger partial charge in [-0.1, -0.05) is 0 Å². The monoisotopic (exact) mass is 586 g/mol. The fourth-order valence-corrected chi connectivity index (χ4v) is 5.07. The summed E-state index contributed by atoms with van der Waals surface area (Å²) < 4.78 is 28.7. The van der Waals surface area contributed by atoms with Crippen LogP contribution in [0.4, 0.5) is 0 Å². The highest BCUT2D eigenvalue weighted by atomic mass is 32.2. The van der Waals surface area contributed by atoms with E-state index in [4.69, 9.17) is 23.7 Å². The maximum Gasteiger partial charge on any atom is 0.303 e. The van der Waals surface area contributed by atoms with Crippen LogP contribution in [0.2, 0.25) is 0 Å². The number of nitrogens with zero attached hydrogens (tertiary/aromatic N) is 4. The normalized spacial score (nSPS) is 14.8. The molecule has 0 spiro atoms. The first-order chi connectivity index (χ1) is 18.4. The van der Waals surface area contributed by atoms with Crippen LogP contribution < -0.4 is 0 Å². The van der Waals surface area contributed by atoms with E-state index in [1.807, 2.05) is 6.26 Å². The highest BCUT2D eigenvalue weighted by Gasteiger charge is 2.47. The van der Waals surface area contributed by atoms with E-state index >= 15 is 0 Å². The van der Waals surface area contributed by atoms with Crippen molar-refractivity contribution in [1.29, 1.82) is 0 Å². The van der Waals surface area contributed by atoms with Gasteiger partial charge in [-0.15, -0.1) is 23.5 Å². The topological polar surface area (TPSA) is 175 Å². The first kappa shape index (κ1) is 31.8. The van der Waals surface area contributed by atoms with Crippen LogP contribution in [0.5, 0.6) is 0 Å². The molecule has 2 aromatic heterocycles. The van der Waals surface area contributed by atoms with Gasteiger partial charge in [-0.25, -0.2) is 15.0 Å². The van der Waals surface area contributed by atoms with Gasteiger partial charge in [0, 0.05) is 34.6 Å². The number of hydrogen-bond acceptors (Lipinski definition) is 15. The summed E-state index contributed by atoms with van der Waals surface area (Å²) in [4.78, 5) is 73.2. The molecule has 2 rings (SSSR count). The van der Waals surface area contributed by atoms with Crippen molar-refractivity contribution in [1.82, 2.24) is 19.5 Å². The summed E-state index contributed by atoms with van der Waals surface area (Å²) in [6.45, 7) is 5.04. The van der Waals surface area contributed by atoms with Crippen LogP contribution in [0.1, 0.15) is 40.0 Å². The maximum atomic E-state index is 12.3. The summed E-state index contributed by atoms with van der Waals surface area (Å²) in [6, 6.07) is 0. The highest BCUT2D eigenvalue weighted by molar-refractivity contribution is 7.99. The lowest BCUT2D eigenvalue weighted by Crippen LogP contribution is -2.54. The fraction of sp³-hybridized carbons (Fsp3) is 0.565. The van der Waals surface area contributed by atoms with Crippen molar-refractivity contribution in [2.75, 3.05) is 19.1 Å². The molecular formula is C23H30N4O10S2. The Morgan fingerprint density at radius 1 is 0.769 bits per heavy atom. The summed E-state index contributed by atoms with van der Waals surface area (Å²) in [7, 11) is 0. The van der Waals surface area contributed by atoms with Crippen LogP contribution in [0.3, 0.4) is 0 Å². The zero-order chi connectivity index (χ0) is 29.3. The Morgan fingerprint density at radius 3 is 1.85 bits per heavy atom. The average Bonchev–Trinajstić information content (AvgIpc) is 3.27. The van der Waals surface area contributed by atoms with Crippen LogP contribution in [0.15, 0.2) is 17.7 Å². The summed E-state index contributed by atoms with van der Waals surface area (Å²) in [5, 5.41) is -0.245. The Kier molecular flexibility index (Phi) is 12.0. The highest BCUT2D eigenvalue weighted by Crippen LogP contribution is 2.35. The molecule has 0 saturated carbocycles. The zero-order valence-electron chi connectivity index (χ0n) is 22.4. The number of rotatable bonds is 13. The van der Waals surface area contributed by atoms with Crippen LogP contribution in [-0.4, -0.2) is 92.9 Å². The summed E-state index contributed by atoms with van der Waals surface area (Å²) >= 11 is 2.55. The van der Waals surface area contributed by atoms with Crippen LogP contribution in [0, 0.1) is 0 Å². The first-order valence-electron chi connectivity index (χ1n) is 11.5. The van der Waals surface area contributed by atoms with Gasteiger partial charge in [-0.2, -0.15) is 0 Å². The molecule has 0 aromatic carbocycles. The maximum absolute atomic E-state index is 12.3. The number of thioether (sulfide) groups is 2. The van der Waals surface area contributed by atoms with Gasteiger partial charge in [0.15, 0.2) is 30.1 Å². The predicted molar refractivity (Wildman–Crippen MR) is 139 cm³/mol. The molecule has 0 aliphatic rings. The van der Waals surface area contributed by atoms with E-state index in [0.29, 0.717) is 16.2 Å². The Morgan fingerprint density at radius 2 is 1.33 bits per heavy atom. The van der Waals surface area contributed by atoms with Gasteiger partial charge in [-0.3, -0.25) is 28.5 Å². The standard InChI is InChI=1S/C23H30N4O10S2/c1-11(28)33-8-16(34-12(2)29)18(35-13(3)30)19(36-14(4)31)20(37-15(5)32)23(39-7)27-10-26-17-21(27)24-9-25-22(17)38-6/h9-10,16,18-20,23H,8H2,1-7H3/t16-,18-,19-,20-,23-/m0/s1. The van der Waals surface area contributed by atoms with Crippen LogP contribution in [-0.2, 0) is 47.7 Å². The Labute approximate surface area is 232 Å². The van der Waals surface area contributed by atoms with E-state index in [9.17, 15) is 24.0 Å². The number of carbonyl (C=O) groups is 5. The van der Waals surface area contributed by atoms with Crippen LogP contribution >= 0.6 is 23.5 Å². The zero-order valence-corrected chi connectivity index (χ0v) is 24.1. The largest absolute Gasteiger partial charge is 0.462 e. The fourth-order valence-electron chi connectivity index (χ4n) is 3.72. The van der Waals surface area contributed by atoms with Crippen molar-refractivity contribution in [2.45, 2.75) is 69.4 Å². The van der Waals surface area contributed by atoms with Gasteiger partial charge < -0.3 is 23.7 Å². The van der Waals surface area contributed by atoms with Crippen molar-refractivity contribution in [3.63, 3.8) is 0 Å². The van der Waals surface area contributed by atoms with E-state index in [2.05, 4.69) is 15.0 Å². The van der Waals surface area contributed by atoms with Gasteiger partial charge in [0.1, 0.15) is 28.9 Å². The van der Waals surface area contributed by atoms with E-state index in [1.54, 1.807) is 10.8 Å². The van der Waals surface area contributed by atoms with E-state index in [0.717, 1.165) is 34.6 Å². The molecule has 0 aliphatic carbocycles. The van der Waals surface area contributed by atoms with E-state index in [-0.39, 0.29) is 0 Å². The SMILES string of the molecule is CSc1ncnc2c1ncn2[C@@H](SC)[C@@H](OC(C)=O)[C@@H](OC(C)=O)[C@@H](OC(C)=O)[C@H](COC(C)=O)OC(C)=O.